The monoisotopic (exact) mass is 453 g/mol. The molecule has 0 saturated carbocycles. The second kappa shape index (κ2) is 8.71. The van der Waals surface area contributed by atoms with Gasteiger partial charge in [-0.25, -0.2) is 0 Å². The Morgan fingerprint density at radius 2 is 1.59 bits per heavy atom. The van der Waals surface area contributed by atoms with Crippen LogP contribution >= 0.6 is 22.9 Å². The number of nitrogens with zero attached hydrogens (tertiary/aromatic N) is 1. The van der Waals surface area contributed by atoms with Crippen molar-refractivity contribution in [2.75, 3.05) is 0 Å². The third-order valence-electron chi connectivity index (χ3n) is 5.65. The van der Waals surface area contributed by atoms with Crippen LogP contribution in [0.3, 0.4) is 0 Å². The van der Waals surface area contributed by atoms with Crippen molar-refractivity contribution < 1.29 is 5.11 Å². The Labute approximate surface area is 196 Å². The zero-order valence-electron chi connectivity index (χ0n) is 17.2. The summed E-state index contributed by atoms with van der Waals surface area (Å²) < 4.78 is 0. The van der Waals surface area contributed by atoms with Gasteiger partial charge in [-0.3, -0.25) is 4.98 Å². The summed E-state index contributed by atoms with van der Waals surface area (Å²) in [6, 6.07) is 27.5. The maximum Gasteiger partial charge on any atom is 0.141 e. The lowest BCUT2D eigenvalue weighted by atomic mass is 9.81. The minimum Gasteiger partial charge on any atom is -0.376 e. The number of hydrogen-bond acceptors (Lipinski definition) is 3. The molecule has 3 aromatic carbocycles. The average Bonchev–Trinajstić information content (AvgIpc) is 3.39. The van der Waals surface area contributed by atoms with E-state index >= 15 is 0 Å². The van der Waals surface area contributed by atoms with E-state index in [4.69, 9.17) is 11.6 Å². The Bertz CT molecular complexity index is 1380. The van der Waals surface area contributed by atoms with Gasteiger partial charge in [0.1, 0.15) is 5.60 Å². The van der Waals surface area contributed by atoms with E-state index in [1.165, 1.54) is 0 Å². The minimum atomic E-state index is -1.30. The van der Waals surface area contributed by atoms with Crippen LogP contribution in [-0.4, -0.2) is 10.1 Å². The van der Waals surface area contributed by atoms with Gasteiger partial charge < -0.3 is 5.11 Å². The minimum absolute atomic E-state index is 0.637. The predicted octanol–water partition coefficient (Wildman–Crippen LogP) is 7.40. The van der Waals surface area contributed by atoms with Crippen molar-refractivity contribution in [1.82, 2.24) is 4.98 Å². The second-order valence-corrected chi connectivity index (χ2v) is 8.82. The highest BCUT2D eigenvalue weighted by atomic mass is 35.5. The Morgan fingerprint density at radius 3 is 2.34 bits per heavy atom. The molecular formula is C28H20ClNOS. The number of thiophene rings is 1. The molecule has 0 fully saturated rings. The fraction of sp³-hybridized carbons (Fsp3) is 0.0357. The Kier molecular flexibility index (Phi) is 5.62. The van der Waals surface area contributed by atoms with Gasteiger partial charge in [0.15, 0.2) is 0 Å². The van der Waals surface area contributed by atoms with Gasteiger partial charge in [-0.15, -0.1) is 0 Å². The Hall–Kier alpha value is -3.24. The fourth-order valence-corrected chi connectivity index (χ4v) is 4.77. The Morgan fingerprint density at radius 1 is 0.812 bits per heavy atom. The van der Waals surface area contributed by atoms with Crippen molar-refractivity contribution in [2.45, 2.75) is 5.60 Å². The van der Waals surface area contributed by atoms with E-state index < -0.39 is 5.60 Å². The zero-order valence-corrected chi connectivity index (χ0v) is 18.7. The molecule has 2 nitrogen and oxygen atoms in total. The molecule has 0 saturated heterocycles. The number of aliphatic hydroxyl groups is 1. The highest BCUT2D eigenvalue weighted by Crippen LogP contribution is 2.39. The van der Waals surface area contributed by atoms with E-state index in [1.54, 1.807) is 11.3 Å². The number of halogens is 1. The molecule has 0 amide bonds. The van der Waals surface area contributed by atoms with Gasteiger partial charge >= 0.3 is 0 Å². The molecule has 0 aliphatic rings. The second-order valence-electron chi connectivity index (χ2n) is 7.61. The first-order chi connectivity index (χ1) is 15.6. The molecule has 5 rings (SSSR count). The summed E-state index contributed by atoms with van der Waals surface area (Å²) in [5.41, 5.74) is 4.14. The van der Waals surface area contributed by atoms with Gasteiger partial charge in [-0.1, -0.05) is 72.3 Å². The molecule has 0 bridgehead atoms. The van der Waals surface area contributed by atoms with Crippen LogP contribution in [-0.2, 0) is 5.60 Å². The average molecular weight is 454 g/mol. The van der Waals surface area contributed by atoms with Crippen LogP contribution in [0.4, 0.5) is 0 Å². The smallest absolute Gasteiger partial charge is 0.141 e. The third kappa shape index (κ3) is 3.87. The summed E-state index contributed by atoms with van der Waals surface area (Å²) in [5.74, 6) is 0. The SMILES string of the molecule is OC(c1ccc(Cl)cc1)(c1ccsc1)c1ccc2nccc(C=Cc3ccccc3)c2c1. The molecule has 1 N–H and O–H groups in total. The van der Waals surface area contributed by atoms with Gasteiger partial charge in [0.25, 0.3) is 0 Å². The molecule has 0 aliphatic carbocycles. The first kappa shape index (κ1) is 20.7. The Balaban J connectivity index is 1.67. The summed E-state index contributed by atoms with van der Waals surface area (Å²) >= 11 is 7.68. The number of hydrogen-bond donors (Lipinski definition) is 1. The third-order valence-corrected chi connectivity index (χ3v) is 6.58. The summed E-state index contributed by atoms with van der Waals surface area (Å²) in [4.78, 5) is 4.54. The molecule has 156 valence electrons. The van der Waals surface area contributed by atoms with E-state index in [0.717, 1.165) is 38.7 Å². The summed E-state index contributed by atoms with van der Waals surface area (Å²) in [6.45, 7) is 0. The highest BCUT2D eigenvalue weighted by molar-refractivity contribution is 7.08. The van der Waals surface area contributed by atoms with Crippen molar-refractivity contribution in [1.29, 1.82) is 0 Å². The lowest BCUT2D eigenvalue weighted by Gasteiger charge is -2.29. The molecule has 0 aliphatic heterocycles. The van der Waals surface area contributed by atoms with E-state index in [2.05, 4.69) is 29.3 Å². The topological polar surface area (TPSA) is 33.1 Å². The molecular weight excluding hydrogens is 434 g/mol. The van der Waals surface area contributed by atoms with Crippen LogP contribution in [0.2, 0.25) is 5.02 Å². The first-order valence-electron chi connectivity index (χ1n) is 10.3. The van der Waals surface area contributed by atoms with Gasteiger partial charge in [-0.05, 0) is 69.4 Å². The van der Waals surface area contributed by atoms with Crippen LogP contribution < -0.4 is 0 Å². The molecule has 0 radical (unpaired) electrons. The number of fused-ring (bicyclic) bond motifs is 1. The molecule has 2 heterocycles. The summed E-state index contributed by atoms with van der Waals surface area (Å²) in [6.07, 6.45) is 6.00. The van der Waals surface area contributed by atoms with Crippen molar-refractivity contribution >= 4 is 46.0 Å². The van der Waals surface area contributed by atoms with Crippen LogP contribution in [0.25, 0.3) is 23.1 Å². The van der Waals surface area contributed by atoms with Gasteiger partial charge in [0, 0.05) is 22.2 Å². The van der Waals surface area contributed by atoms with E-state index in [1.807, 2.05) is 89.8 Å². The number of pyridine rings is 1. The van der Waals surface area contributed by atoms with Crippen LogP contribution in [0.15, 0.2) is 102 Å². The van der Waals surface area contributed by atoms with Crippen molar-refractivity contribution in [3.05, 3.63) is 135 Å². The van der Waals surface area contributed by atoms with Crippen LogP contribution in [0.5, 0.6) is 0 Å². The molecule has 0 spiro atoms. The zero-order chi connectivity index (χ0) is 22.0. The molecule has 4 heteroatoms. The van der Waals surface area contributed by atoms with Crippen LogP contribution in [0, 0.1) is 0 Å². The highest BCUT2D eigenvalue weighted by Gasteiger charge is 2.34. The molecule has 2 aromatic heterocycles. The quantitative estimate of drug-likeness (QED) is 0.300. The van der Waals surface area contributed by atoms with E-state index in [9.17, 15) is 5.11 Å². The first-order valence-corrected chi connectivity index (χ1v) is 11.6. The number of benzene rings is 3. The normalized spacial score (nSPS) is 13.4. The lowest BCUT2D eigenvalue weighted by molar-refractivity contribution is 0.126. The van der Waals surface area contributed by atoms with Gasteiger partial charge in [-0.2, -0.15) is 11.3 Å². The predicted molar refractivity (Wildman–Crippen MR) is 135 cm³/mol. The van der Waals surface area contributed by atoms with E-state index in [0.29, 0.717) is 5.02 Å². The van der Waals surface area contributed by atoms with E-state index in [-0.39, 0.29) is 0 Å². The largest absolute Gasteiger partial charge is 0.376 e. The summed E-state index contributed by atoms with van der Waals surface area (Å²) in [7, 11) is 0. The maximum atomic E-state index is 12.1. The van der Waals surface area contributed by atoms with Crippen molar-refractivity contribution in [3.8, 4) is 0 Å². The van der Waals surface area contributed by atoms with Gasteiger partial charge in [0.05, 0.1) is 5.52 Å². The number of rotatable bonds is 5. The standard InChI is InChI=1S/C28H20ClNOS/c29-25-11-8-22(9-12-25)28(31,24-15-17-32-19-24)23-10-13-27-26(18-23)21(14-16-30-27)7-6-20-4-2-1-3-5-20/h1-19,31H. The number of aromatic nitrogens is 1. The molecule has 5 aromatic rings. The maximum absolute atomic E-state index is 12.1. The van der Waals surface area contributed by atoms with Crippen molar-refractivity contribution in [3.63, 3.8) is 0 Å². The molecule has 1 atom stereocenters. The van der Waals surface area contributed by atoms with Gasteiger partial charge in [0.2, 0.25) is 0 Å². The summed E-state index contributed by atoms with van der Waals surface area (Å²) in [5, 5.41) is 17.7. The van der Waals surface area contributed by atoms with Crippen molar-refractivity contribution in [2.24, 2.45) is 0 Å². The molecule has 1 unspecified atom stereocenters. The molecule has 32 heavy (non-hydrogen) atoms. The van der Waals surface area contributed by atoms with Crippen LogP contribution in [0.1, 0.15) is 27.8 Å². The lowest BCUT2D eigenvalue weighted by Crippen LogP contribution is -2.28. The fourth-order valence-electron chi connectivity index (χ4n) is 3.95.